The van der Waals surface area contributed by atoms with Crippen molar-refractivity contribution in [3.05, 3.63) is 181 Å². The molecule has 0 atom stereocenters. The van der Waals surface area contributed by atoms with Crippen LogP contribution in [-0.4, -0.2) is 29.9 Å². The Bertz CT molecular complexity index is 3060. The van der Waals surface area contributed by atoms with Gasteiger partial charge in [0.15, 0.2) is 34.9 Å². The molecule has 0 N–H and O–H groups in total. The van der Waals surface area contributed by atoms with Crippen LogP contribution in [-0.2, 0) is 0 Å². The third kappa shape index (κ3) is 6.59. The third-order valence-corrected chi connectivity index (χ3v) is 11.0. The molecule has 10 aromatic rings. The molecule has 3 aromatic heterocycles. The summed E-state index contributed by atoms with van der Waals surface area (Å²) in [6.45, 7) is 0. The van der Waals surface area contributed by atoms with Crippen LogP contribution in [0.15, 0.2) is 176 Å². The van der Waals surface area contributed by atoms with Crippen molar-refractivity contribution in [1.29, 1.82) is 5.26 Å². The maximum atomic E-state index is 9.44. The first-order chi connectivity index (χ1) is 28.2. The van der Waals surface area contributed by atoms with Crippen molar-refractivity contribution in [2.45, 2.75) is 0 Å². The van der Waals surface area contributed by atoms with E-state index in [0.29, 0.717) is 40.5 Å². The molecule has 0 aliphatic carbocycles. The van der Waals surface area contributed by atoms with Gasteiger partial charge in [0.1, 0.15) is 0 Å². The van der Waals surface area contributed by atoms with Gasteiger partial charge in [0.2, 0.25) is 0 Å². The van der Waals surface area contributed by atoms with Crippen molar-refractivity contribution in [2.24, 2.45) is 0 Å². The van der Waals surface area contributed by atoms with Gasteiger partial charge in [-0.15, -0.1) is 11.3 Å². The lowest BCUT2D eigenvalue weighted by Gasteiger charge is -2.10. The number of rotatable bonds is 7. The zero-order chi connectivity index (χ0) is 38.1. The van der Waals surface area contributed by atoms with Crippen molar-refractivity contribution in [3.63, 3.8) is 0 Å². The summed E-state index contributed by atoms with van der Waals surface area (Å²) in [4.78, 5) is 30.2. The van der Waals surface area contributed by atoms with Crippen molar-refractivity contribution >= 4 is 31.5 Å². The first-order valence-corrected chi connectivity index (χ1v) is 19.2. The largest absolute Gasteiger partial charge is 0.208 e. The molecule has 0 saturated carbocycles. The van der Waals surface area contributed by atoms with Crippen molar-refractivity contribution in [2.75, 3.05) is 0 Å². The quantitative estimate of drug-likeness (QED) is 0.160. The number of thiophene rings is 1. The van der Waals surface area contributed by atoms with E-state index in [1.165, 1.54) is 0 Å². The maximum Gasteiger partial charge on any atom is 0.164 e. The lowest BCUT2D eigenvalue weighted by Crippen LogP contribution is -2.00. The first kappa shape index (κ1) is 33.8. The second-order valence-electron chi connectivity index (χ2n) is 13.5. The smallest absolute Gasteiger partial charge is 0.164 e. The predicted molar refractivity (Wildman–Crippen MR) is 229 cm³/mol. The van der Waals surface area contributed by atoms with Crippen LogP contribution in [0.4, 0.5) is 0 Å². The normalized spacial score (nSPS) is 11.1. The van der Waals surface area contributed by atoms with Gasteiger partial charge >= 0.3 is 0 Å². The van der Waals surface area contributed by atoms with Crippen LogP contribution in [0, 0.1) is 11.3 Å². The van der Waals surface area contributed by atoms with Gasteiger partial charge in [-0.1, -0.05) is 140 Å². The molecule has 0 amide bonds. The van der Waals surface area contributed by atoms with Gasteiger partial charge in [-0.3, -0.25) is 0 Å². The molecule has 266 valence electrons. The minimum atomic E-state index is 0.570. The zero-order valence-corrected chi connectivity index (χ0v) is 31.1. The Balaban J connectivity index is 1.13. The van der Waals surface area contributed by atoms with E-state index in [0.717, 1.165) is 64.7 Å². The van der Waals surface area contributed by atoms with E-state index in [4.69, 9.17) is 29.9 Å². The topological polar surface area (TPSA) is 101 Å². The molecule has 8 heteroatoms. The van der Waals surface area contributed by atoms with Gasteiger partial charge in [0.25, 0.3) is 0 Å². The van der Waals surface area contributed by atoms with Crippen LogP contribution in [0.2, 0.25) is 0 Å². The molecule has 0 aliphatic heterocycles. The lowest BCUT2D eigenvalue weighted by atomic mass is 10.0. The van der Waals surface area contributed by atoms with Crippen LogP contribution in [0.25, 0.3) is 99.6 Å². The van der Waals surface area contributed by atoms with Gasteiger partial charge in [0, 0.05) is 53.6 Å². The van der Waals surface area contributed by atoms with E-state index in [9.17, 15) is 5.26 Å². The summed E-state index contributed by atoms with van der Waals surface area (Å²) in [5, 5.41) is 11.6. The van der Waals surface area contributed by atoms with Crippen LogP contribution in [0.3, 0.4) is 0 Å². The number of hydrogen-bond donors (Lipinski definition) is 0. The van der Waals surface area contributed by atoms with Crippen LogP contribution >= 0.6 is 11.3 Å². The van der Waals surface area contributed by atoms with E-state index in [1.807, 2.05) is 140 Å². The number of benzene rings is 7. The fraction of sp³-hybridized carbons (Fsp3) is 0. The summed E-state index contributed by atoms with van der Waals surface area (Å²) in [7, 11) is 0. The zero-order valence-electron chi connectivity index (χ0n) is 30.3. The van der Waals surface area contributed by atoms with Gasteiger partial charge in [0.05, 0.1) is 11.6 Å². The summed E-state index contributed by atoms with van der Waals surface area (Å²) in [6.07, 6.45) is 0. The van der Waals surface area contributed by atoms with Crippen LogP contribution in [0.5, 0.6) is 0 Å². The van der Waals surface area contributed by atoms with Gasteiger partial charge in [-0.25, -0.2) is 29.9 Å². The highest BCUT2D eigenvalue weighted by Crippen LogP contribution is 2.41. The van der Waals surface area contributed by atoms with Gasteiger partial charge < -0.3 is 0 Å². The van der Waals surface area contributed by atoms with E-state index in [1.54, 1.807) is 11.3 Å². The molecule has 7 nitrogen and oxygen atoms in total. The molecular formula is C49H29N7S. The summed E-state index contributed by atoms with van der Waals surface area (Å²) in [6, 6.07) is 60.7. The summed E-state index contributed by atoms with van der Waals surface area (Å²) in [5.41, 5.74) is 7.99. The number of fused-ring (bicyclic) bond motifs is 3. The molecule has 0 bridgehead atoms. The van der Waals surface area contributed by atoms with Crippen LogP contribution in [0.1, 0.15) is 5.56 Å². The van der Waals surface area contributed by atoms with Crippen molar-refractivity contribution in [1.82, 2.24) is 29.9 Å². The number of nitrogens with zero attached hydrogens (tertiary/aromatic N) is 7. The molecule has 10 rings (SSSR count). The monoisotopic (exact) mass is 747 g/mol. The Kier molecular flexibility index (Phi) is 8.60. The molecule has 0 saturated heterocycles. The highest BCUT2D eigenvalue weighted by Gasteiger charge is 2.19. The van der Waals surface area contributed by atoms with Crippen molar-refractivity contribution in [3.8, 4) is 85.5 Å². The molecule has 0 fully saturated rings. The van der Waals surface area contributed by atoms with E-state index < -0.39 is 0 Å². The molecule has 7 aromatic carbocycles. The predicted octanol–water partition coefficient (Wildman–Crippen LogP) is 12.0. The van der Waals surface area contributed by atoms with E-state index in [-0.39, 0.29) is 0 Å². The van der Waals surface area contributed by atoms with Crippen LogP contribution < -0.4 is 0 Å². The first-order valence-electron chi connectivity index (χ1n) is 18.4. The number of aromatic nitrogens is 6. The second kappa shape index (κ2) is 14.5. The summed E-state index contributed by atoms with van der Waals surface area (Å²) >= 11 is 1.73. The Morgan fingerprint density at radius 2 is 0.807 bits per heavy atom. The highest BCUT2D eigenvalue weighted by molar-refractivity contribution is 7.26. The summed E-state index contributed by atoms with van der Waals surface area (Å²) < 4.78 is 2.26. The third-order valence-electron chi connectivity index (χ3n) is 9.83. The van der Waals surface area contributed by atoms with Gasteiger partial charge in [-0.2, -0.15) is 5.26 Å². The second-order valence-corrected chi connectivity index (χ2v) is 14.6. The molecule has 3 heterocycles. The van der Waals surface area contributed by atoms with Gasteiger partial charge in [-0.05, 0) is 47.5 Å². The molecule has 0 radical (unpaired) electrons. The molecule has 57 heavy (non-hydrogen) atoms. The number of hydrogen-bond acceptors (Lipinski definition) is 8. The average Bonchev–Trinajstić information content (AvgIpc) is 3.68. The minimum absolute atomic E-state index is 0.570. The lowest BCUT2D eigenvalue weighted by molar-refractivity contribution is 1.07. The van der Waals surface area contributed by atoms with E-state index in [2.05, 4.69) is 42.5 Å². The Morgan fingerprint density at radius 3 is 1.37 bits per heavy atom. The molecular weight excluding hydrogens is 719 g/mol. The molecule has 0 unspecified atom stereocenters. The maximum absolute atomic E-state index is 9.44. The fourth-order valence-corrected chi connectivity index (χ4v) is 8.12. The number of nitriles is 1. The Hall–Kier alpha value is -7.73. The summed E-state index contributed by atoms with van der Waals surface area (Å²) in [5.74, 6) is 3.57. The SMILES string of the molecule is N#Cc1cccc(-c2ccc(-c3nc(-c4ccccc4)nc(-c4cccc5sc6ccc(-c7nc(-c8ccccc8)nc(-c8ccccc8)n7)cc6c45)n3)cc2)c1. The average molecular weight is 748 g/mol. The Labute approximate surface area is 332 Å². The highest BCUT2D eigenvalue weighted by atomic mass is 32.1. The molecule has 0 spiro atoms. The Morgan fingerprint density at radius 1 is 0.351 bits per heavy atom. The van der Waals surface area contributed by atoms with Crippen molar-refractivity contribution < 1.29 is 0 Å². The van der Waals surface area contributed by atoms with E-state index >= 15 is 0 Å². The minimum Gasteiger partial charge on any atom is -0.208 e. The fourth-order valence-electron chi connectivity index (χ4n) is 7.01. The standard InChI is InChI=1S/C49H29N7S/c50-30-31-12-10-19-37(28-31)32-22-24-36(25-23-32)47-52-46(35-17-8-3-9-18-35)55-49(56-47)39-20-11-21-42-43(39)40-29-38(26-27-41(40)57-42)48-53-44(33-13-4-1-5-14-33)51-45(54-48)34-15-6-2-7-16-34/h1-29H. The molecule has 0 aliphatic rings.